The van der Waals surface area contributed by atoms with E-state index in [0.29, 0.717) is 44.0 Å². The van der Waals surface area contributed by atoms with Crippen molar-refractivity contribution >= 4 is 11.9 Å². The summed E-state index contributed by atoms with van der Waals surface area (Å²) in [5.41, 5.74) is 0.411. The zero-order chi connectivity index (χ0) is 20.0. The van der Waals surface area contributed by atoms with E-state index in [1.807, 2.05) is 4.90 Å². The van der Waals surface area contributed by atoms with Gasteiger partial charge in [-0.25, -0.2) is 0 Å². The van der Waals surface area contributed by atoms with Crippen molar-refractivity contribution < 1.29 is 19.4 Å². The fourth-order valence-corrected chi connectivity index (χ4v) is 4.51. The van der Waals surface area contributed by atoms with Crippen LogP contribution in [-0.4, -0.2) is 72.7 Å². The molecule has 1 atom stereocenters. The van der Waals surface area contributed by atoms with Crippen molar-refractivity contribution in [2.24, 2.45) is 17.3 Å². The topological polar surface area (TPSA) is 70.1 Å². The molecule has 0 aromatic carbocycles. The number of nitrogens with zero attached hydrogens (tertiary/aromatic N) is 2. The first kappa shape index (κ1) is 22.2. The number of morpholine rings is 1. The predicted octanol–water partition coefficient (Wildman–Crippen LogP) is 2.86. The van der Waals surface area contributed by atoms with Crippen molar-refractivity contribution in [3.05, 3.63) is 0 Å². The van der Waals surface area contributed by atoms with E-state index >= 15 is 0 Å². The van der Waals surface area contributed by atoms with Crippen molar-refractivity contribution in [1.82, 2.24) is 9.80 Å². The number of carboxylic acids is 1. The maximum atomic E-state index is 12.8. The quantitative estimate of drug-likeness (QED) is 0.699. The highest BCUT2D eigenvalue weighted by Crippen LogP contribution is 2.42. The van der Waals surface area contributed by atoms with Gasteiger partial charge in [0.05, 0.1) is 19.3 Å². The summed E-state index contributed by atoms with van der Waals surface area (Å²) in [6.45, 7) is 9.31. The molecule has 1 amide bonds. The standard InChI is InChI=1S/C21H38N2O4/c1-5-21(2,3)17-8-6-16(7-9-17)12-19(24)23-10-11-27-18(14-23)13-22(4)15-20(25)26/h16-18H,5-15H2,1-4H3,(H,25,26). The lowest BCUT2D eigenvalue weighted by Gasteiger charge is -2.39. The molecule has 2 aliphatic rings. The van der Waals surface area contributed by atoms with Crippen LogP contribution in [0.25, 0.3) is 0 Å². The van der Waals surface area contributed by atoms with Gasteiger partial charge in [0.15, 0.2) is 0 Å². The minimum atomic E-state index is -0.844. The second-order valence-electron chi connectivity index (χ2n) is 9.19. The van der Waals surface area contributed by atoms with Crippen LogP contribution in [0.4, 0.5) is 0 Å². The number of carboxylic acid groups (broad SMARTS) is 1. The first-order chi connectivity index (χ1) is 12.7. The lowest BCUT2D eigenvalue weighted by Crippen LogP contribution is -2.50. The first-order valence-corrected chi connectivity index (χ1v) is 10.5. The van der Waals surface area contributed by atoms with Crippen LogP contribution in [0.5, 0.6) is 0 Å². The summed E-state index contributed by atoms with van der Waals surface area (Å²) in [5, 5.41) is 8.87. The molecule has 0 aromatic rings. The molecule has 0 bridgehead atoms. The van der Waals surface area contributed by atoms with E-state index in [4.69, 9.17) is 9.84 Å². The molecule has 0 spiro atoms. The average Bonchev–Trinajstić information content (AvgIpc) is 2.61. The zero-order valence-corrected chi connectivity index (χ0v) is 17.6. The minimum Gasteiger partial charge on any atom is -0.480 e. The van der Waals surface area contributed by atoms with Crippen molar-refractivity contribution in [1.29, 1.82) is 0 Å². The Labute approximate surface area is 164 Å². The predicted molar refractivity (Wildman–Crippen MR) is 106 cm³/mol. The van der Waals surface area contributed by atoms with Crippen LogP contribution < -0.4 is 0 Å². The third-order valence-electron chi connectivity index (χ3n) is 6.74. The molecule has 2 fully saturated rings. The Balaban J connectivity index is 1.76. The number of aliphatic carboxylic acids is 1. The van der Waals surface area contributed by atoms with Gasteiger partial charge >= 0.3 is 5.97 Å². The molecule has 1 heterocycles. The molecule has 1 N–H and O–H groups in total. The molecule has 6 nitrogen and oxygen atoms in total. The molecule has 1 unspecified atom stereocenters. The molecule has 0 aromatic heterocycles. The summed E-state index contributed by atoms with van der Waals surface area (Å²) in [7, 11) is 1.77. The average molecular weight is 383 g/mol. The molecule has 1 aliphatic carbocycles. The number of rotatable bonds is 8. The van der Waals surface area contributed by atoms with Crippen molar-refractivity contribution in [3.63, 3.8) is 0 Å². The van der Waals surface area contributed by atoms with Gasteiger partial charge < -0.3 is 14.7 Å². The smallest absolute Gasteiger partial charge is 0.317 e. The molecule has 156 valence electrons. The summed E-state index contributed by atoms with van der Waals surface area (Å²) in [6.07, 6.45) is 6.57. The van der Waals surface area contributed by atoms with Gasteiger partial charge in [0.25, 0.3) is 0 Å². The third-order valence-corrected chi connectivity index (χ3v) is 6.74. The maximum Gasteiger partial charge on any atom is 0.317 e. The second kappa shape index (κ2) is 9.87. The fraction of sp³-hybridized carbons (Fsp3) is 0.905. The number of amides is 1. The van der Waals surface area contributed by atoms with E-state index in [-0.39, 0.29) is 18.6 Å². The molecule has 1 aliphatic heterocycles. The van der Waals surface area contributed by atoms with E-state index < -0.39 is 5.97 Å². The van der Waals surface area contributed by atoms with Crippen LogP contribution in [0.1, 0.15) is 59.3 Å². The molecule has 0 radical (unpaired) electrons. The molecular formula is C21H38N2O4. The van der Waals surface area contributed by atoms with Crippen LogP contribution in [0.3, 0.4) is 0 Å². The van der Waals surface area contributed by atoms with Gasteiger partial charge in [-0.05, 0) is 50.0 Å². The van der Waals surface area contributed by atoms with Crippen molar-refractivity contribution in [2.75, 3.05) is 39.8 Å². The normalized spacial score (nSPS) is 27.0. The zero-order valence-electron chi connectivity index (χ0n) is 17.6. The molecule has 2 rings (SSSR count). The van der Waals surface area contributed by atoms with E-state index in [9.17, 15) is 9.59 Å². The second-order valence-corrected chi connectivity index (χ2v) is 9.19. The molecule has 27 heavy (non-hydrogen) atoms. The van der Waals surface area contributed by atoms with E-state index in [1.54, 1.807) is 11.9 Å². The van der Waals surface area contributed by atoms with Gasteiger partial charge in [-0.1, -0.05) is 27.2 Å². The number of carbonyl (C=O) groups excluding carboxylic acids is 1. The Morgan fingerprint density at radius 1 is 1.22 bits per heavy atom. The Morgan fingerprint density at radius 3 is 2.48 bits per heavy atom. The Kier molecular flexibility index (Phi) is 8.10. The first-order valence-electron chi connectivity index (χ1n) is 10.5. The summed E-state index contributed by atoms with van der Waals surface area (Å²) < 4.78 is 5.74. The van der Waals surface area contributed by atoms with Crippen LogP contribution >= 0.6 is 0 Å². The molecule has 6 heteroatoms. The maximum absolute atomic E-state index is 12.8. The number of hydrogen-bond acceptors (Lipinski definition) is 4. The SMILES string of the molecule is CCC(C)(C)C1CCC(CC(=O)N2CCOC(CN(C)CC(=O)O)C2)CC1. The molecule has 1 saturated heterocycles. The van der Waals surface area contributed by atoms with Gasteiger partial charge in [0.1, 0.15) is 0 Å². The van der Waals surface area contributed by atoms with Gasteiger partial charge in [-0.15, -0.1) is 0 Å². The highest BCUT2D eigenvalue weighted by molar-refractivity contribution is 5.76. The highest BCUT2D eigenvalue weighted by Gasteiger charge is 2.33. The molecular weight excluding hydrogens is 344 g/mol. The number of likely N-dealkylation sites (N-methyl/N-ethyl adjacent to an activating group) is 1. The monoisotopic (exact) mass is 382 g/mol. The Hall–Kier alpha value is -1.14. The highest BCUT2D eigenvalue weighted by atomic mass is 16.5. The Morgan fingerprint density at radius 2 is 1.89 bits per heavy atom. The summed E-state index contributed by atoms with van der Waals surface area (Å²) in [6, 6.07) is 0. The number of hydrogen-bond donors (Lipinski definition) is 1. The van der Waals surface area contributed by atoms with E-state index in [1.165, 1.54) is 19.3 Å². The molecule has 1 saturated carbocycles. The van der Waals surface area contributed by atoms with Gasteiger partial charge in [0.2, 0.25) is 5.91 Å². The van der Waals surface area contributed by atoms with Gasteiger partial charge in [-0.2, -0.15) is 0 Å². The number of ether oxygens (including phenoxy) is 1. The lowest BCUT2D eigenvalue weighted by atomic mass is 9.67. The van der Waals surface area contributed by atoms with E-state index in [2.05, 4.69) is 20.8 Å². The lowest BCUT2D eigenvalue weighted by molar-refractivity contribution is -0.143. The van der Waals surface area contributed by atoms with Crippen LogP contribution in [0, 0.1) is 17.3 Å². The largest absolute Gasteiger partial charge is 0.480 e. The number of carbonyl (C=O) groups is 2. The van der Waals surface area contributed by atoms with E-state index in [0.717, 1.165) is 18.8 Å². The van der Waals surface area contributed by atoms with Crippen LogP contribution in [-0.2, 0) is 14.3 Å². The summed E-state index contributed by atoms with van der Waals surface area (Å²) in [4.78, 5) is 27.2. The van der Waals surface area contributed by atoms with Gasteiger partial charge in [0, 0.05) is 26.1 Å². The summed E-state index contributed by atoms with van der Waals surface area (Å²) >= 11 is 0. The summed E-state index contributed by atoms with van der Waals surface area (Å²) in [5.74, 6) is 0.689. The van der Waals surface area contributed by atoms with Crippen molar-refractivity contribution in [2.45, 2.75) is 65.4 Å². The minimum absolute atomic E-state index is 0.00877. The van der Waals surface area contributed by atoms with Crippen LogP contribution in [0.2, 0.25) is 0 Å². The van der Waals surface area contributed by atoms with Crippen molar-refractivity contribution in [3.8, 4) is 0 Å². The third kappa shape index (κ3) is 6.75. The van der Waals surface area contributed by atoms with Gasteiger partial charge in [-0.3, -0.25) is 14.5 Å². The fourth-order valence-electron chi connectivity index (χ4n) is 4.51. The van der Waals surface area contributed by atoms with Crippen LogP contribution in [0.15, 0.2) is 0 Å². The Bertz CT molecular complexity index is 500.